The predicted octanol–water partition coefficient (Wildman–Crippen LogP) is 13.4. The van der Waals surface area contributed by atoms with Crippen LogP contribution < -0.4 is 0 Å². The van der Waals surface area contributed by atoms with Crippen LogP contribution in [0.3, 0.4) is 0 Å². The third-order valence-electron chi connectivity index (χ3n) is 13.7. The van der Waals surface area contributed by atoms with Crippen molar-refractivity contribution in [1.29, 1.82) is 0 Å². The molecule has 5 aliphatic rings. The summed E-state index contributed by atoms with van der Waals surface area (Å²) in [6.45, 7) is 4.75. The Morgan fingerprint density at radius 2 is 0.964 bits per heavy atom. The van der Waals surface area contributed by atoms with Crippen molar-refractivity contribution in [3.05, 3.63) is 192 Å². The number of rotatable bonds is 3. The second-order valence-corrected chi connectivity index (χ2v) is 16.9. The molecule has 0 radical (unpaired) electrons. The fourth-order valence-electron chi connectivity index (χ4n) is 11.0. The molecule has 2 nitrogen and oxygen atoms in total. The molecule has 4 bridgehead atoms. The summed E-state index contributed by atoms with van der Waals surface area (Å²) < 4.78 is 4.97. The Hall–Kier alpha value is -6.38. The summed E-state index contributed by atoms with van der Waals surface area (Å²) in [5.74, 6) is 2.24. The summed E-state index contributed by atoms with van der Waals surface area (Å²) in [6.07, 6.45) is 9.89. The highest BCUT2D eigenvalue weighted by molar-refractivity contribution is 6.14. The summed E-state index contributed by atoms with van der Waals surface area (Å²) in [4.78, 5) is 0. The highest BCUT2D eigenvalue weighted by Gasteiger charge is 2.51. The summed E-state index contributed by atoms with van der Waals surface area (Å²) in [5, 5.41) is 5.22. The number of benzene rings is 7. The van der Waals surface area contributed by atoms with E-state index < -0.39 is 0 Å². The molecule has 2 heteroatoms. The molecular formula is C53H38N2. The standard InChI is InChI=1S/C53H38N2/c1-53(2)46-16-10-9-15-36(46)40-28-44-42-26-33(20-24-49(42)55(51(44)30-47(40)53)35-13-7-4-8-14-35)32-19-23-48-41(25-32)43-27-39-31-17-21-37-38(22-18-31)52(37)45(39)29-50(43)54(48)34-11-5-3-6-12-34/h3-31,37-38,52H,1-2H3. The second kappa shape index (κ2) is 10.4. The van der Waals surface area contributed by atoms with E-state index in [4.69, 9.17) is 0 Å². The number of hydrogen-bond donors (Lipinski definition) is 0. The average Bonchev–Trinajstić information content (AvgIpc) is 3.79. The van der Waals surface area contributed by atoms with Gasteiger partial charge in [-0.3, -0.25) is 0 Å². The maximum absolute atomic E-state index is 2.55. The molecule has 0 saturated heterocycles. The number of hydrogen-bond acceptors (Lipinski definition) is 0. The Morgan fingerprint density at radius 3 is 1.60 bits per heavy atom. The van der Waals surface area contributed by atoms with Crippen LogP contribution in [0.5, 0.6) is 0 Å². The third kappa shape index (κ3) is 3.94. The first kappa shape index (κ1) is 30.0. The zero-order valence-electron chi connectivity index (χ0n) is 30.9. The van der Waals surface area contributed by atoms with Crippen molar-refractivity contribution in [3.8, 4) is 33.6 Å². The molecule has 9 aromatic rings. The monoisotopic (exact) mass is 702 g/mol. The largest absolute Gasteiger partial charge is 0.309 e. The molecule has 0 amide bonds. The Morgan fingerprint density at radius 1 is 0.418 bits per heavy atom. The molecule has 7 aromatic carbocycles. The van der Waals surface area contributed by atoms with Crippen LogP contribution in [-0.2, 0) is 5.41 Å². The van der Waals surface area contributed by atoms with Gasteiger partial charge in [0.05, 0.1) is 22.1 Å². The maximum Gasteiger partial charge on any atom is 0.0544 e. The molecule has 2 atom stereocenters. The molecule has 5 aliphatic carbocycles. The zero-order valence-corrected chi connectivity index (χ0v) is 30.9. The van der Waals surface area contributed by atoms with E-state index in [1.807, 2.05) is 0 Å². The molecule has 0 aliphatic heterocycles. The predicted molar refractivity (Wildman–Crippen MR) is 229 cm³/mol. The second-order valence-electron chi connectivity index (χ2n) is 16.9. The fraction of sp³-hybridized carbons (Fsp3) is 0.132. The van der Waals surface area contributed by atoms with Gasteiger partial charge in [-0.15, -0.1) is 0 Å². The Bertz CT molecular complexity index is 3170. The van der Waals surface area contributed by atoms with Crippen molar-refractivity contribution in [2.45, 2.75) is 31.1 Å². The van der Waals surface area contributed by atoms with Crippen LogP contribution in [0.2, 0.25) is 0 Å². The molecule has 2 heterocycles. The molecule has 14 rings (SSSR count). The summed E-state index contributed by atoms with van der Waals surface area (Å²) in [7, 11) is 0. The number of fused-ring (bicyclic) bond motifs is 9. The van der Waals surface area contributed by atoms with E-state index >= 15 is 0 Å². The van der Waals surface area contributed by atoms with Crippen LogP contribution >= 0.6 is 0 Å². The van der Waals surface area contributed by atoms with Crippen LogP contribution in [-0.4, -0.2) is 9.13 Å². The molecular weight excluding hydrogens is 665 g/mol. The van der Waals surface area contributed by atoms with Crippen molar-refractivity contribution >= 4 is 43.6 Å². The van der Waals surface area contributed by atoms with Gasteiger partial charge >= 0.3 is 0 Å². The Labute approximate surface area is 320 Å². The number of allylic oxidation sites excluding steroid dienone is 4. The molecule has 2 unspecified atom stereocenters. The van der Waals surface area contributed by atoms with Crippen molar-refractivity contribution in [2.24, 2.45) is 11.8 Å². The smallest absolute Gasteiger partial charge is 0.0544 e. The highest BCUT2D eigenvalue weighted by atomic mass is 15.0. The molecule has 260 valence electrons. The number of para-hydroxylation sites is 2. The zero-order chi connectivity index (χ0) is 36.2. The van der Waals surface area contributed by atoms with E-state index in [1.54, 1.807) is 5.56 Å². The molecule has 2 aromatic heterocycles. The Balaban J connectivity index is 1.06. The van der Waals surface area contributed by atoms with Gasteiger partial charge in [0.2, 0.25) is 0 Å². The average molecular weight is 703 g/mol. The SMILES string of the molecule is CC1(C)c2ccccc2-c2cc3c4cc(-c5ccc6c(c5)c5cc7c(cc5n6-c5ccccc5)C5C6C=CC7C=CC65)ccc4n(-c4ccccc4)c3cc21. The third-order valence-corrected chi connectivity index (χ3v) is 13.7. The summed E-state index contributed by atoms with van der Waals surface area (Å²) in [6, 6.07) is 55.1. The topological polar surface area (TPSA) is 9.86 Å². The van der Waals surface area contributed by atoms with Gasteiger partial charge in [-0.05, 0) is 135 Å². The van der Waals surface area contributed by atoms with Crippen LogP contribution in [0.25, 0.3) is 77.2 Å². The van der Waals surface area contributed by atoms with Crippen LogP contribution in [0.1, 0.15) is 47.9 Å². The van der Waals surface area contributed by atoms with Crippen molar-refractivity contribution in [3.63, 3.8) is 0 Å². The molecule has 1 saturated carbocycles. The van der Waals surface area contributed by atoms with Crippen molar-refractivity contribution in [2.75, 3.05) is 0 Å². The van der Waals surface area contributed by atoms with E-state index in [1.165, 1.54) is 93.9 Å². The van der Waals surface area contributed by atoms with Crippen LogP contribution in [0, 0.1) is 11.8 Å². The number of nitrogens with zero attached hydrogens (tertiary/aromatic N) is 2. The van der Waals surface area contributed by atoms with E-state index in [-0.39, 0.29) is 5.41 Å². The quantitative estimate of drug-likeness (QED) is 0.162. The van der Waals surface area contributed by atoms with Gasteiger partial charge in [0.15, 0.2) is 0 Å². The summed E-state index contributed by atoms with van der Waals surface area (Å²) in [5.41, 5.74) is 18.4. The lowest BCUT2D eigenvalue weighted by molar-refractivity contribution is 0.661. The maximum atomic E-state index is 2.55. The first-order chi connectivity index (χ1) is 27.0. The Kier molecular flexibility index (Phi) is 5.69. The van der Waals surface area contributed by atoms with E-state index in [9.17, 15) is 0 Å². The fourth-order valence-corrected chi connectivity index (χ4v) is 11.0. The van der Waals surface area contributed by atoms with Gasteiger partial charge in [-0.1, -0.05) is 111 Å². The first-order valence-corrected chi connectivity index (χ1v) is 19.9. The van der Waals surface area contributed by atoms with Gasteiger partial charge in [-0.2, -0.15) is 0 Å². The van der Waals surface area contributed by atoms with Crippen LogP contribution in [0.15, 0.2) is 170 Å². The molecule has 55 heavy (non-hydrogen) atoms. The van der Waals surface area contributed by atoms with Gasteiger partial charge in [-0.25, -0.2) is 0 Å². The first-order valence-electron chi connectivity index (χ1n) is 19.9. The van der Waals surface area contributed by atoms with E-state index in [2.05, 4.69) is 193 Å². The number of aromatic nitrogens is 2. The van der Waals surface area contributed by atoms with E-state index in [0.717, 1.165) is 0 Å². The minimum Gasteiger partial charge on any atom is -0.309 e. The highest BCUT2D eigenvalue weighted by Crippen LogP contribution is 2.62. The van der Waals surface area contributed by atoms with Crippen molar-refractivity contribution < 1.29 is 0 Å². The molecule has 1 fully saturated rings. The molecule has 0 N–H and O–H groups in total. The van der Waals surface area contributed by atoms with Gasteiger partial charge in [0.1, 0.15) is 0 Å². The lowest BCUT2D eigenvalue weighted by atomic mass is 9.82. The van der Waals surface area contributed by atoms with E-state index in [0.29, 0.717) is 23.7 Å². The van der Waals surface area contributed by atoms with Gasteiger partial charge < -0.3 is 9.13 Å². The minimum atomic E-state index is -0.0671. The lowest BCUT2D eigenvalue weighted by Crippen LogP contribution is -2.14. The lowest BCUT2D eigenvalue weighted by Gasteiger charge is -2.21. The normalized spacial score (nSPS) is 20.9. The molecule has 0 spiro atoms. The van der Waals surface area contributed by atoms with Gasteiger partial charge in [0, 0.05) is 44.3 Å². The van der Waals surface area contributed by atoms with Crippen molar-refractivity contribution in [1.82, 2.24) is 9.13 Å². The minimum absolute atomic E-state index is 0.0671. The summed E-state index contributed by atoms with van der Waals surface area (Å²) >= 11 is 0. The van der Waals surface area contributed by atoms with Gasteiger partial charge in [0.25, 0.3) is 0 Å². The van der Waals surface area contributed by atoms with Crippen LogP contribution in [0.4, 0.5) is 0 Å².